The monoisotopic (exact) mass is 280 g/mol. The van der Waals surface area contributed by atoms with Crippen LogP contribution < -0.4 is 10.6 Å². The Morgan fingerprint density at radius 3 is 3.00 bits per heavy atom. The number of carbonyl (C=O) groups is 2. The molecule has 3 heterocycles. The first-order chi connectivity index (χ1) is 10.2. The zero-order valence-corrected chi connectivity index (χ0v) is 11.1. The van der Waals surface area contributed by atoms with Gasteiger partial charge in [0.25, 0.3) is 0 Å². The molecular formula is C15H12N4O2. The molecule has 1 spiro atoms. The van der Waals surface area contributed by atoms with E-state index in [4.69, 9.17) is 0 Å². The van der Waals surface area contributed by atoms with Crippen molar-refractivity contribution in [2.75, 3.05) is 10.6 Å². The van der Waals surface area contributed by atoms with Crippen molar-refractivity contribution < 1.29 is 9.59 Å². The number of rotatable bonds is 2. The zero-order valence-electron chi connectivity index (χ0n) is 11.1. The van der Waals surface area contributed by atoms with Gasteiger partial charge in [-0.05, 0) is 36.1 Å². The third-order valence-electron chi connectivity index (χ3n) is 4.26. The zero-order chi connectivity index (χ0) is 14.4. The van der Waals surface area contributed by atoms with Gasteiger partial charge in [0.15, 0.2) is 0 Å². The van der Waals surface area contributed by atoms with Crippen LogP contribution in [0.25, 0.3) is 0 Å². The molecule has 2 aromatic heterocycles. The summed E-state index contributed by atoms with van der Waals surface area (Å²) in [5.74, 6) is 1.14. The number of hydrogen-bond acceptors (Lipinski definition) is 4. The number of amides is 2. The highest BCUT2D eigenvalue weighted by Gasteiger charge is 2.51. The van der Waals surface area contributed by atoms with Crippen LogP contribution >= 0.6 is 0 Å². The Hall–Kier alpha value is -2.76. The third-order valence-corrected chi connectivity index (χ3v) is 4.26. The fourth-order valence-electron chi connectivity index (χ4n) is 3.29. The molecule has 0 radical (unpaired) electrons. The van der Waals surface area contributed by atoms with Crippen LogP contribution in [0, 0.1) is 0 Å². The number of carbonyl (C=O) groups excluding carboxylic acids is 2. The van der Waals surface area contributed by atoms with Crippen LogP contribution in [0.3, 0.4) is 0 Å². The predicted octanol–water partition coefficient (Wildman–Crippen LogP) is 1.03. The average Bonchev–Trinajstić information content (AvgIpc) is 2.99. The second kappa shape index (κ2) is 4.12. The van der Waals surface area contributed by atoms with Gasteiger partial charge >= 0.3 is 0 Å². The smallest absolute Gasteiger partial charge is 0.237 e. The summed E-state index contributed by atoms with van der Waals surface area (Å²) < 4.78 is 0. The molecule has 0 fully saturated rings. The van der Waals surface area contributed by atoms with E-state index in [1.165, 1.54) is 0 Å². The maximum Gasteiger partial charge on any atom is 0.237 e. The van der Waals surface area contributed by atoms with E-state index in [9.17, 15) is 9.59 Å². The first-order valence-electron chi connectivity index (χ1n) is 6.68. The van der Waals surface area contributed by atoms with Gasteiger partial charge in [-0.15, -0.1) is 0 Å². The maximum atomic E-state index is 12.5. The largest absolute Gasteiger partial charge is 0.313 e. The summed E-state index contributed by atoms with van der Waals surface area (Å²) in [6.45, 7) is 0. The van der Waals surface area contributed by atoms with Crippen LogP contribution in [0.1, 0.15) is 16.7 Å². The van der Waals surface area contributed by atoms with Crippen molar-refractivity contribution in [2.24, 2.45) is 0 Å². The van der Waals surface area contributed by atoms with E-state index in [2.05, 4.69) is 20.6 Å². The molecule has 4 rings (SSSR count). The van der Waals surface area contributed by atoms with Gasteiger partial charge in [0.1, 0.15) is 11.6 Å². The highest BCUT2D eigenvalue weighted by molar-refractivity contribution is 6.06. The van der Waals surface area contributed by atoms with E-state index in [-0.39, 0.29) is 5.91 Å². The summed E-state index contributed by atoms with van der Waals surface area (Å²) in [5.41, 5.74) is 2.43. The molecule has 1 atom stereocenters. The molecule has 2 aromatic rings. The fourth-order valence-corrected chi connectivity index (χ4v) is 3.29. The Bertz CT molecular complexity index is 774. The van der Waals surface area contributed by atoms with Gasteiger partial charge in [-0.25, -0.2) is 9.97 Å². The molecule has 0 saturated heterocycles. The lowest BCUT2D eigenvalue weighted by Crippen LogP contribution is -2.35. The van der Waals surface area contributed by atoms with E-state index in [0.29, 0.717) is 30.9 Å². The first kappa shape index (κ1) is 12.0. The maximum absolute atomic E-state index is 12.5. The van der Waals surface area contributed by atoms with Gasteiger partial charge in [0, 0.05) is 18.0 Å². The molecule has 1 aliphatic heterocycles. The van der Waals surface area contributed by atoms with Crippen molar-refractivity contribution in [3.05, 3.63) is 47.3 Å². The second-order valence-electron chi connectivity index (χ2n) is 5.39. The van der Waals surface area contributed by atoms with Crippen LogP contribution in [-0.2, 0) is 27.8 Å². The van der Waals surface area contributed by atoms with Crippen molar-refractivity contribution in [1.29, 1.82) is 0 Å². The molecule has 2 amide bonds. The van der Waals surface area contributed by atoms with Gasteiger partial charge in [0.2, 0.25) is 12.3 Å². The molecule has 0 bridgehead atoms. The number of fused-ring (bicyclic) bond motifs is 3. The minimum atomic E-state index is -0.590. The summed E-state index contributed by atoms with van der Waals surface area (Å²) in [7, 11) is 0. The van der Waals surface area contributed by atoms with E-state index < -0.39 is 5.41 Å². The van der Waals surface area contributed by atoms with Gasteiger partial charge < -0.3 is 10.6 Å². The topological polar surface area (TPSA) is 84.0 Å². The highest BCUT2D eigenvalue weighted by Crippen LogP contribution is 2.46. The van der Waals surface area contributed by atoms with Gasteiger partial charge in [-0.2, -0.15) is 0 Å². The van der Waals surface area contributed by atoms with Crippen molar-refractivity contribution in [3.8, 4) is 0 Å². The predicted molar refractivity (Wildman–Crippen MR) is 75.9 cm³/mol. The Morgan fingerprint density at radius 1 is 1.29 bits per heavy atom. The summed E-state index contributed by atoms with van der Waals surface area (Å²) >= 11 is 0. The number of pyridine rings is 2. The lowest BCUT2D eigenvalue weighted by molar-refractivity contribution is -0.120. The van der Waals surface area contributed by atoms with E-state index in [1.54, 1.807) is 12.4 Å². The van der Waals surface area contributed by atoms with Gasteiger partial charge in [-0.1, -0.05) is 6.07 Å². The number of nitrogens with zero attached hydrogens (tertiary/aromatic N) is 2. The lowest BCUT2D eigenvalue weighted by atomic mass is 9.79. The third kappa shape index (κ3) is 1.59. The summed E-state index contributed by atoms with van der Waals surface area (Å²) in [6.07, 6.45) is 5.22. The Labute approximate surface area is 120 Å². The lowest BCUT2D eigenvalue weighted by Gasteiger charge is -2.20. The summed E-state index contributed by atoms with van der Waals surface area (Å²) in [4.78, 5) is 31.4. The van der Waals surface area contributed by atoms with E-state index in [0.717, 1.165) is 16.7 Å². The summed E-state index contributed by atoms with van der Waals surface area (Å²) in [6, 6.07) is 5.63. The van der Waals surface area contributed by atoms with E-state index in [1.807, 2.05) is 18.2 Å². The van der Waals surface area contributed by atoms with Crippen LogP contribution in [0.4, 0.5) is 11.6 Å². The highest BCUT2D eigenvalue weighted by atomic mass is 16.2. The molecule has 21 heavy (non-hydrogen) atoms. The van der Waals surface area contributed by atoms with Crippen LogP contribution in [0.15, 0.2) is 30.6 Å². The van der Waals surface area contributed by atoms with Crippen molar-refractivity contribution in [3.63, 3.8) is 0 Å². The van der Waals surface area contributed by atoms with Gasteiger partial charge in [-0.3, -0.25) is 9.59 Å². The minimum absolute atomic E-state index is 0.0164. The van der Waals surface area contributed by atoms with Crippen LogP contribution in [0.2, 0.25) is 0 Å². The molecular weight excluding hydrogens is 268 g/mol. The number of nitrogens with one attached hydrogen (secondary N) is 2. The average molecular weight is 280 g/mol. The Kier molecular flexibility index (Phi) is 2.35. The number of hydrogen-bond donors (Lipinski definition) is 2. The Morgan fingerprint density at radius 2 is 2.14 bits per heavy atom. The fraction of sp³-hybridized carbons (Fsp3) is 0.200. The standard InChI is InChI=1S/C15H12N4O2/c20-8-18-12-4-9-5-15(6-10(9)7-17-12)11-2-1-3-16-13(11)19-14(15)21/h1-4,7-8H,5-6H2,(H,16,19,21)(H,17,18,20). The molecule has 2 aliphatic rings. The molecule has 1 unspecified atom stereocenters. The van der Waals surface area contributed by atoms with E-state index >= 15 is 0 Å². The number of anilines is 2. The molecule has 1 aliphatic carbocycles. The first-order valence-corrected chi connectivity index (χ1v) is 6.68. The Balaban J connectivity index is 1.79. The number of aromatic nitrogens is 2. The van der Waals surface area contributed by atoms with Crippen LogP contribution in [-0.4, -0.2) is 22.3 Å². The van der Waals surface area contributed by atoms with Crippen molar-refractivity contribution in [2.45, 2.75) is 18.3 Å². The summed E-state index contributed by atoms with van der Waals surface area (Å²) in [5, 5.41) is 5.40. The second-order valence-corrected chi connectivity index (χ2v) is 5.39. The molecule has 2 N–H and O–H groups in total. The van der Waals surface area contributed by atoms with Gasteiger partial charge in [0.05, 0.1) is 5.41 Å². The van der Waals surface area contributed by atoms with Crippen LogP contribution in [0.5, 0.6) is 0 Å². The SMILES string of the molecule is O=CNc1cc2c(cn1)CC1(C2)C(=O)Nc2ncccc21. The molecule has 0 saturated carbocycles. The molecule has 104 valence electrons. The quantitative estimate of drug-likeness (QED) is 0.805. The minimum Gasteiger partial charge on any atom is -0.313 e. The van der Waals surface area contributed by atoms with Crippen molar-refractivity contribution in [1.82, 2.24) is 9.97 Å². The molecule has 6 heteroatoms. The molecule has 6 nitrogen and oxygen atoms in total. The normalized spacial score (nSPS) is 21.8. The molecule has 0 aromatic carbocycles. The van der Waals surface area contributed by atoms with Crippen molar-refractivity contribution >= 4 is 24.0 Å².